The van der Waals surface area contributed by atoms with Crippen LogP contribution in [0.15, 0.2) is 83.8 Å². The zero-order valence-electron chi connectivity index (χ0n) is 15.8. The van der Waals surface area contributed by atoms with Crippen LogP contribution in [0, 0.1) is 0 Å². The van der Waals surface area contributed by atoms with Crippen LogP contribution < -0.4 is 4.74 Å². The first-order valence-corrected chi connectivity index (χ1v) is 11.0. The van der Waals surface area contributed by atoms with Crippen LogP contribution in [0.3, 0.4) is 0 Å². The van der Waals surface area contributed by atoms with Crippen molar-refractivity contribution in [2.24, 2.45) is 0 Å². The van der Waals surface area contributed by atoms with Crippen molar-refractivity contribution in [3.05, 3.63) is 84.4 Å². The van der Waals surface area contributed by atoms with Gasteiger partial charge < -0.3 is 4.74 Å². The molecule has 0 amide bonds. The van der Waals surface area contributed by atoms with Gasteiger partial charge in [0, 0.05) is 13.1 Å². The number of nitrogens with zero attached hydrogens (tertiary/aromatic N) is 1. The van der Waals surface area contributed by atoms with Crippen molar-refractivity contribution in [3.63, 3.8) is 0 Å². The van der Waals surface area contributed by atoms with E-state index in [1.165, 1.54) is 28.6 Å². The predicted octanol–water partition coefficient (Wildman–Crippen LogP) is 4.36. The molecule has 1 aliphatic rings. The van der Waals surface area contributed by atoms with Crippen molar-refractivity contribution in [2.75, 3.05) is 13.1 Å². The normalized spacial score (nSPS) is 14.6. The minimum Gasteiger partial charge on any atom is -0.423 e. The molecule has 0 aliphatic carbocycles. The number of benzene rings is 3. The maximum Gasteiger partial charge on any atom is 0.343 e. The zero-order valence-corrected chi connectivity index (χ0v) is 16.6. The van der Waals surface area contributed by atoms with Crippen LogP contribution in [0.1, 0.15) is 23.2 Å². The molecule has 1 fully saturated rings. The second-order valence-electron chi connectivity index (χ2n) is 6.92. The molecule has 0 bridgehead atoms. The predicted molar refractivity (Wildman–Crippen MR) is 111 cm³/mol. The summed E-state index contributed by atoms with van der Waals surface area (Å²) in [5.41, 5.74) is 2.42. The van der Waals surface area contributed by atoms with Crippen LogP contribution in [-0.4, -0.2) is 31.8 Å². The van der Waals surface area contributed by atoms with Crippen molar-refractivity contribution < 1.29 is 17.9 Å². The van der Waals surface area contributed by atoms with Gasteiger partial charge in [0.25, 0.3) is 0 Å². The molecule has 1 saturated heterocycles. The van der Waals surface area contributed by atoms with Gasteiger partial charge in [-0.15, -0.1) is 0 Å². The number of carbonyl (C=O) groups excluding carboxylic acids is 1. The van der Waals surface area contributed by atoms with Crippen LogP contribution in [-0.2, 0) is 10.0 Å². The van der Waals surface area contributed by atoms with Gasteiger partial charge in [0.1, 0.15) is 5.75 Å². The first-order chi connectivity index (χ1) is 14.0. The molecule has 1 heterocycles. The fourth-order valence-corrected chi connectivity index (χ4v) is 4.87. The molecule has 29 heavy (non-hydrogen) atoms. The van der Waals surface area contributed by atoms with Gasteiger partial charge in [0.2, 0.25) is 10.0 Å². The highest BCUT2D eigenvalue weighted by atomic mass is 32.2. The molecule has 4 rings (SSSR count). The van der Waals surface area contributed by atoms with Gasteiger partial charge in [-0.05, 0) is 60.4 Å². The van der Waals surface area contributed by atoms with E-state index in [0.717, 1.165) is 24.0 Å². The highest BCUT2D eigenvalue weighted by molar-refractivity contribution is 7.89. The average Bonchev–Trinajstić information content (AvgIpc) is 3.31. The Kier molecular flexibility index (Phi) is 5.47. The molecule has 0 N–H and O–H groups in total. The van der Waals surface area contributed by atoms with E-state index in [1.807, 2.05) is 42.5 Å². The van der Waals surface area contributed by atoms with Crippen molar-refractivity contribution in [1.29, 1.82) is 0 Å². The molecule has 0 saturated carbocycles. The summed E-state index contributed by atoms with van der Waals surface area (Å²) in [6.07, 6.45) is 1.76. The van der Waals surface area contributed by atoms with Gasteiger partial charge >= 0.3 is 5.97 Å². The highest BCUT2D eigenvalue weighted by Gasteiger charge is 2.27. The maximum atomic E-state index is 12.6. The van der Waals surface area contributed by atoms with Gasteiger partial charge in [-0.2, -0.15) is 4.31 Å². The lowest BCUT2D eigenvalue weighted by Crippen LogP contribution is -2.27. The number of esters is 1. The summed E-state index contributed by atoms with van der Waals surface area (Å²) in [4.78, 5) is 12.6. The minimum absolute atomic E-state index is 0.197. The number of rotatable bonds is 5. The summed E-state index contributed by atoms with van der Waals surface area (Å²) in [7, 11) is -3.49. The number of ether oxygens (including phenoxy) is 1. The Morgan fingerprint density at radius 3 is 1.97 bits per heavy atom. The summed E-state index contributed by atoms with van der Waals surface area (Å²) < 4.78 is 32.0. The first kappa shape index (κ1) is 19.4. The Morgan fingerprint density at radius 1 is 0.759 bits per heavy atom. The monoisotopic (exact) mass is 407 g/mol. The fourth-order valence-electron chi connectivity index (χ4n) is 3.35. The Morgan fingerprint density at radius 2 is 1.34 bits per heavy atom. The van der Waals surface area contributed by atoms with Crippen LogP contribution in [0.4, 0.5) is 0 Å². The summed E-state index contributed by atoms with van der Waals surface area (Å²) in [5.74, 6) is -0.0916. The molecular formula is C23H21NO4S. The SMILES string of the molecule is O=C(Oc1ccc(-c2ccccc2)cc1)c1ccc(S(=O)(=O)N2CCCC2)cc1. The van der Waals surface area contributed by atoms with Crippen LogP contribution in [0.5, 0.6) is 5.75 Å². The van der Waals surface area contributed by atoms with E-state index in [2.05, 4.69) is 0 Å². The summed E-state index contributed by atoms with van der Waals surface area (Å²) >= 11 is 0. The van der Waals surface area contributed by atoms with Gasteiger partial charge in [-0.25, -0.2) is 13.2 Å². The number of hydrogen-bond donors (Lipinski definition) is 0. The second-order valence-corrected chi connectivity index (χ2v) is 8.85. The second kappa shape index (κ2) is 8.19. The largest absolute Gasteiger partial charge is 0.423 e. The Balaban J connectivity index is 1.45. The van der Waals surface area contributed by atoms with E-state index in [-0.39, 0.29) is 4.90 Å². The molecule has 0 aromatic heterocycles. The third-order valence-electron chi connectivity index (χ3n) is 4.96. The third-order valence-corrected chi connectivity index (χ3v) is 6.88. The lowest BCUT2D eigenvalue weighted by Gasteiger charge is -2.15. The quantitative estimate of drug-likeness (QED) is 0.466. The van der Waals surface area contributed by atoms with Crippen molar-refractivity contribution >= 4 is 16.0 Å². The van der Waals surface area contributed by atoms with Gasteiger partial charge in [0.15, 0.2) is 0 Å². The molecule has 6 heteroatoms. The van der Waals surface area contributed by atoms with Crippen molar-refractivity contribution in [1.82, 2.24) is 4.31 Å². The first-order valence-electron chi connectivity index (χ1n) is 9.52. The van der Waals surface area contributed by atoms with Crippen LogP contribution >= 0.6 is 0 Å². The smallest absolute Gasteiger partial charge is 0.343 e. The maximum absolute atomic E-state index is 12.6. The van der Waals surface area contributed by atoms with E-state index < -0.39 is 16.0 Å². The Labute approximate surface area is 170 Å². The van der Waals surface area contributed by atoms with Gasteiger partial charge in [-0.3, -0.25) is 0 Å². The summed E-state index contributed by atoms with van der Waals surface area (Å²) in [5, 5.41) is 0. The zero-order chi connectivity index (χ0) is 20.3. The number of carbonyl (C=O) groups is 1. The van der Waals surface area contributed by atoms with E-state index >= 15 is 0 Å². The van der Waals surface area contributed by atoms with Crippen LogP contribution in [0.25, 0.3) is 11.1 Å². The molecule has 3 aromatic carbocycles. The van der Waals surface area contributed by atoms with Crippen molar-refractivity contribution in [3.8, 4) is 16.9 Å². The van der Waals surface area contributed by atoms with E-state index in [9.17, 15) is 13.2 Å². The average molecular weight is 407 g/mol. The van der Waals surface area contributed by atoms with Crippen LogP contribution in [0.2, 0.25) is 0 Å². The number of sulfonamides is 1. The Bertz CT molecular complexity index is 1090. The molecule has 148 valence electrons. The molecule has 0 unspecified atom stereocenters. The van der Waals surface area contributed by atoms with Crippen molar-refractivity contribution in [2.45, 2.75) is 17.7 Å². The summed E-state index contributed by atoms with van der Waals surface area (Å²) in [6, 6.07) is 23.1. The number of hydrogen-bond acceptors (Lipinski definition) is 4. The van der Waals surface area contributed by atoms with E-state index in [4.69, 9.17) is 4.74 Å². The topological polar surface area (TPSA) is 63.7 Å². The third kappa shape index (κ3) is 4.23. The van der Waals surface area contributed by atoms with E-state index in [0.29, 0.717) is 24.4 Å². The summed E-state index contributed by atoms with van der Waals surface area (Å²) in [6.45, 7) is 1.09. The standard InChI is InChI=1S/C23H21NO4S/c25-23(28-21-12-8-19(9-13-21)18-6-2-1-3-7-18)20-10-14-22(15-11-20)29(26,27)24-16-4-5-17-24/h1-3,6-15H,4-5,16-17H2. The van der Waals surface area contributed by atoms with Gasteiger partial charge in [-0.1, -0.05) is 42.5 Å². The minimum atomic E-state index is -3.49. The lowest BCUT2D eigenvalue weighted by atomic mass is 10.1. The molecule has 0 radical (unpaired) electrons. The molecule has 3 aromatic rings. The molecular weight excluding hydrogens is 386 g/mol. The lowest BCUT2D eigenvalue weighted by molar-refractivity contribution is 0.0734. The molecule has 5 nitrogen and oxygen atoms in total. The molecule has 0 atom stereocenters. The molecule has 0 spiro atoms. The highest BCUT2D eigenvalue weighted by Crippen LogP contribution is 2.24. The Hall–Kier alpha value is -2.96. The fraction of sp³-hybridized carbons (Fsp3) is 0.174. The van der Waals surface area contributed by atoms with E-state index in [1.54, 1.807) is 12.1 Å². The van der Waals surface area contributed by atoms with Gasteiger partial charge in [0.05, 0.1) is 10.5 Å². The molecule has 1 aliphatic heterocycles.